The second-order valence-electron chi connectivity index (χ2n) is 10.3. The Kier molecular flexibility index (Phi) is 10.3. The van der Waals surface area contributed by atoms with Gasteiger partial charge in [0.05, 0.1) is 5.76 Å². The van der Waals surface area contributed by atoms with Gasteiger partial charge in [-0.2, -0.15) is 0 Å². The van der Waals surface area contributed by atoms with Crippen molar-refractivity contribution in [1.29, 1.82) is 0 Å². The molecule has 0 bridgehead atoms. The zero-order valence-electron chi connectivity index (χ0n) is 24.5. The molecule has 4 nitrogen and oxygen atoms in total. The van der Waals surface area contributed by atoms with Crippen LogP contribution in [-0.4, -0.2) is 15.9 Å². The number of allylic oxidation sites excluding steroid dienone is 2. The number of aryl methyl sites for hydroxylation is 2. The number of aromatic nitrogens is 1. The first-order chi connectivity index (χ1) is 20.3. The third-order valence-corrected chi connectivity index (χ3v) is 6.94. The van der Waals surface area contributed by atoms with Gasteiger partial charge in [-0.3, -0.25) is 4.79 Å². The molecule has 43 heavy (non-hydrogen) atoms. The number of hydrogen-bond acceptors (Lipinski definition) is 4. The fourth-order valence-electron chi connectivity index (χ4n) is 5.01. The Morgan fingerprint density at radius 3 is 2.09 bits per heavy atom. The van der Waals surface area contributed by atoms with Crippen molar-refractivity contribution in [2.45, 2.75) is 27.7 Å². The number of ketones is 1. The van der Waals surface area contributed by atoms with E-state index in [0.717, 1.165) is 39.1 Å². The van der Waals surface area contributed by atoms with Crippen LogP contribution in [0.25, 0.3) is 55.8 Å². The van der Waals surface area contributed by atoms with Gasteiger partial charge in [0.15, 0.2) is 5.78 Å². The number of carbonyl (C=O) groups excluding carboxylic acids is 1. The summed E-state index contributed by atoms with van der Waals surface area (Å²) in [7, 11) is 0. The fraction of sp³-hybridized carbons (Fsp3) is 0.105. The van der Waals surface area contributed by atoms with E-state index >= 15 is 0 Å². The monoisotopic (exact) mass is 743 g/mol. The second-order valence-corrected chi connectivity index (χ2v) is 10.3. The van der Waals surface area contributed by atoms with Crippen molar-refractivity contribution in [2.24, 2.45) is 0 Å². The van der Waals surface area contributed by atoms with Gasteiger partial charge in [0.1, 0.15) is 11.3 Å². The molecule has 217 valence electrons. The molecule has 1 radical (unpaired) electrons. The average molecular weight is 743 g/mol. The van der Waals surface area contributed by atoms with Gasteiger partial charge in [0.2, 0.25) is 0 Å². The van der Waals surface area contributed by atoms with E-state index in [9.17, 15) is 4.79 Å². The number of rotatable bonds is 5. The van der Waals surface area contributed by atoms with Crippen LogP contribution in [0, 0.1) is 19.9 Å². The van der Waals surface area contributed by atoms with Crippen molar-refractivity contribution >= 4 is 16.8 Å². The summed E-state index contributed by atoms with van der Waals surface area (Å²) in [5.74, 6) is 0.779. The van der Waals surface area contributed by atoms with Gasteiger partial charge in [0.25, 0.3) is 0 Å². The smallest absolute Gasteiger partial charge is 0.155 e. The largest absolute Gasteiger partial charge is 0.512 e. The normalized spacial score (nSPS) is 10.9. The van der Waals surface area contributed by atoms with E-state index in [1.54, 1.807) is 0 Å². The molecular weight excluding hydrogens is 711 g/mol. The van der Waals surface area contributed by atoms with Crippen LogP contribution in [0.4, 0.5) is 0 Å². The zero-order chi connectivity index (χ0) is 29.6. The van der Waals surface area contributed by atoms with Crippen molar-refractivity contribution in [3.8, 4) is 44.8 Å². The molecule has 2 aromatic heterocycles. The molecule has 0 saturated heterocycles. The number of hydrogen-bond donors (Lipinski definition) is 1. The van der Waals surface area contributed by atoms with Crippen molar-refractivity contribution in [3.05, 3.63) is 138 Å². The Morgan fingerprint density at radius 2 is 1.47 bits per heavy atom. The number of aliphatic hydroxyl groups is 1. The van der Waals surface area contributed by atoms with E-state index < -0.39 is 0 Å². The van der Waals surface area contributed by atoms with Crippen LogP contribution in [0.3, 0.4) is 0 Å². The molecule has 1 N–H and O–H groups in total. The summed E-state index contributed by atoms with van der Waals surface area (Å²) in [6.07, 6.45) is 3.05. The van der Waals surface area contributed by atoms with E-state index in [2.05, 4.69) is 105 Å². The van der Waals surface area contributed by atoms with E-state index in [4.69, 9.17) is 14.5 Å². The van der Waals surface area contributed by atoms with Gasteiger partial charge in [-0.05, 0) is 73.3 Å². The van der Waals surface area contributed by atoms with Crippen LogP contribution >= 0.6 is 0 Å². The quantitative estimate of drug-likeness (QED) is 0.109. The first-order valence-electron chi connectivity index (χ1n) is 13.8. The Hall–Kier alpha value is -4.57. The fourth-order valence-corrected chi connectivity index (χ4v) is 5.01. The van der Waals surface area contributed by atoms with Crippen LogP contribution in [-0.2, 0) is 24.9 Å². The van der Waals surface area contributed by atoms with Crippen molar-refractivity contribution in [3.63, 3.8) is 0 Å². The van der Waals surface area contributed by atoms with E-state index in [-0.39, 0.29) is 31.6 Å². The molecule has 2 heterocycles. The van der Waals surface area contributed by atoms with Crippen LogP contribution in [0.15, 0.2) is 126 Å². The molecule has 0 saturated carbocycles. The molecule has 6 rings (SSSR count). The van der Waals surface area contributed by atoms with Crippen LogP contribution in [0.5, 0.6) is 0 Å². The summed E-state index contributed by atoms with van der Waals surface area (Å²) in [4.78, 5) is 14.7. The molecule has 6 aromatic rings. The Morgan fingerprint density at radius 1 is 0.791 bits per heavy atom. The molecule has 0 spiro atoms. The van der Waals surface area contributed by atoms with Gasteiger partial charge < -0.3 is 14.5 Å². The summed E-state index contributed by atoms with van der Waals surface area (Å²) in [5.41, 5.74) is 11.1. The molecule has 0 amide bonds. The molecule has 4 aromatic carbocycles. The molecule has 0 unspecified atom stereocenters. The molecule has 0 aliphatic carbocycles. The predicted molar refractivity (Wildman–Crippen MR) is 171 cm³/mol. The molecular formula is C38H32IrNO3-. The number of aliphatic hydroxyl groups excluding tert-OH is 1. The maximum Gasteiger partial charge on any atom is 0.155 e. The number of carbonyl (C=O) groups is 1. The maximum absolute atomic E-state index is 10.0. The van der Waals surface area contributed by atoms with Crippen molar-refractivity contribution in [1.82, 2.24) is 4.98 Å². The summed E-state index contributed by atoms with van der Waals surface area (Å²) in [6, 6.07) is 38.9. The van der Waals surface area contributed by atoms with Crippen LogP contribution in [0.2, 0.25) is 0 Å². The third-order valence-electron chi connectivity index (χ3n) is 6.94. The third kappa shape index (κ3) is 7.64. The Bertz CT molecular complexity index is 1860. The second kappa shape index (κ2) is 14.1. The predicted octanol–water partition coefficient (Wildman–Crippen LogP) is 9.95. The van der Waals surface area contributed by atoms with Gasteiger partial charge in [-0.1, -0.05) is 72.8 Å². The van der Waals surface area contributed by atoms with E-state index in [1.165, 1.54) is 47.7 Å². The minimum Gasteiger partial charge on any atom is -0.512 e. The maximum atomic E-state index is 10.0. The van der Waals surface area contributed by atoms with Gasteiger partial charge in [-0.15, -0.1) is 35.4 Å². The average Bonchev–Trinajstić information content (AvgIpc) is 3.41. The Labute approximate surface area is 266 Å². The van der Waals surface area contributed by atoms with Crippen molar-refractivity contribution in [2.75, 3.05) is 0 Å². The van der Waals surface area contributed by atoms with Crippen molar-refractivity contribution < 1.29 is 34.4 Å². The SMILES string of the molecule is CC(=O)/C=C(/C)O.Cc1cccc(C)c1-c1ccc(-c2cc3cnc(-c4[c-]ccc(-c5ccccc5)c4)cc3o2)cc1.[Ir]. The first-order valence-corrected chi connectivity index (χ1v) is 13.8. The number of nitrogens with zero attached hydrogens (tertiary/aromatic N) is 1. The summed E-state index contributed by atoms with van der Waals surface area (Å²) < 4.78 is 6.27. The van der Waals surface area contributed by atoms with Crippen LogP contribution < -0.4 is 0 Å². The standard InChI is InChI=1S/C33H24NO.C5H8O2.Ir/c1-22-8-6-9-23(2)33(22)26-16-14-25(15-17-26)31-19-29-21-34-30(20-32(29)35-31)28-13-7-12-27(18-28)24-10-4-3-5-11-24;1-4(6)3-5(2)7;/h3-12,14-21H,1-2H3;3,6H,1-2H3;/q-1;;/b;4-3-;. The molecule has 0 aliphatic heterocycles. The minimum atomic E-state index is -0.125. The number of furan rings is 1. The topological polar surface area (TPSA) is 63.3 Å². The molecule has 5 heteroatoms. The summed E-state index contributed by atoms with van der Waals surface area (Å²) >= 11 is 0. The number of benzene rings is 4. The Balaban J connectivity index is 0.000000475. The molecule has 0 aliphatic rings. The summed E-state index contributed by atoms with van der Waals surface area (Å²) in [6.45, 7) is 7.17. The van der Waals surface area contributed by atoms with E-state index in [0.29, 0.717) is 0 Å². The number of pyridine rings is 1. The summed E-state index contributed by atoms with van der Waals surface area (Å²) in [5, 5.41) is 9.35. The van der Waals surface area contributed by atoms with E-state index in [1.807, 2.05) is 24.4 Å². The zero-order valence-corrected chi connectivity index (χ0v) is 26.9. The number of fused-ring (bicyclic) bond motifs is 1. The molecule has 0 atom stereocenters. The van der Waals surface area contributed by atoms with Crippen LogP contribution in [0.1, 0.15) is 25.0 Å². The van der Waals surface area contributed by atoms with Gasteiger partial charge >= 0.3 is 0 Å². The molecule has 0 fully saturated rings. The first kappa shape index (κ1) is 31.4. The van der Waals surface area contributed by atoms with Gasteiger partial charge in [0, 0.05) is 43.3 Å². The van der Waals surface area contributed by atoms with Gasteiger partial charge in [-0.25, -0.2) is 0 Å². The minimum absolute atomic E-state index is 0.